The Morgan fingerprint density at radius 1 is 1.38 bits per heavy atom. The number of hydrogen-bond donors (Lipinski definition) is 1. The third-order valence-electron chi connectivity index (χ3n) is 3.27. The zero-order valence-electron chi connectivity index (χ0n) is 15.6. The van der Waals surface area contributed by atoms with Crippen LogP contribution in [-0.4, -0.2) is 44.0 Å². The van der Waals surface area contributed by atoms with Gasteiger partial charge in [-0.15, -0.1) is 21.5 Å². The van der Waals surface area contributed by atoms with Crippen molar-refractivity contribution >= 4 is 35.0 Å². The number of nitrogens with zero attached hydrogens (tertiary/aromatic N) is 3. The molecule has 0 saturated carbocycles. The van der Waals surface area contributed by atoms with Gasteiger partial charge in [0.15, 0.2) is 17.1 Å². The van der Waals surface area contributed by atoms with Crippen LogP contribution in [0.5, 0.6) is 0 Å². The summed E-state index contributed by atoms with van der Waals surface area (Å²) in [5, 5.41) is 13.8. The average molecular weight is 397 g/mol. The van der Waals surface area contributed by atoms with E-state index in [9.17, 15) is 9.59 Å². The van der Waals surface area contributed by atoms with E-state index in [1.807, 2.05) is 49.8 Å². The van der Waals surface area contributed by atoms with Crippen molar-refractivity contribution in [1.29, 1.82) is 0 Å². The molecule has 7 nitrogen and oxygen atoms in total. The third kappa shape index (κ3) is 5.57. The van der Waals surface area contributed by atoms with Gasteiger partial charge in [-0.1, -0.05) is 17.8 Å². The molecule has 9 heteroatoms. The van der Waals surface area contributed by atoms with Gasteiger partial charge in [-0.2, -0.15) is 0 Å². The zero-order valence-corrected chi connectivity index (χ0v) is 17.2. The van der Waals surface area contributed by atoms with Crippen molar-refractivity contribution in [3.63, 3.8) is 0 Å². The lowest BCUT2D eigenvalue weighted by molar-refractivity contribution is -0.152. The van der Waals surface area contributed by atoms with Gasteiger partial charge in [0.2, 0.25) is 0 Å². The van der Waals surface area contributed by atoms with Gasteiger partial charge in [0.05, 0.1) is 10.6 Å². The molecule has 0 aliphatic heterocycles. The Kier molecular flexibility index (Phi) is 6.82. The van der Waals surface area contributed by atoms with E-state index in [0.717, 1.165) is 10.7 Å². The summed E-state index contributed by atoms with van der Waals surface area (Å²) < 4.78 is 7.16. The fourth-order valence-corrected chi connectivity index (χ4v) is 3.65. The molecule has 1 amide bonds. The smallest absolute Gasteiger partial charge is 0.317 e. The highest BCUT2D eigenvalue weighted by Gasteiger charge is 2.23. The Labute approximate surface area is 161 Å². The van der Waals surface area contributed by atoms with Gasteiger partial charge in [-0.25, -0.2) is 0 Å². The number of amides is 1. The summed E-state index contributed by atoms with van der Waals surface area (Å²) in [6.07, 6.45) is -0.840. The fourth-order valence-electron chi connectivity index (χ4n) is 2.15. The SMILES string of the molecule is CCn1c(SCC(=O)OC(C)C(=O)NC(C)(C)C)nnc1-c1cccs1. The van der Waals surface area contributed by atoms with E-state index in [0.29, 0.717) is 11.7 Å². The van der Waals surface area contributed by atoms with Crippen LogP contribution in [0.1, 0.15) is 34.6 Å². The molecule has 0 aliphatic rings. The van der Waals surface area contributed by atoms with E-state index in [4.69, 9.17) is 4.74 Å². The molecular weight excluding hydrogens is 372 g/mol. The number of carbonyl (C=O) groups excluding carboxylic acids is 2. The number of hydrogen-bond acceptors (Lipinski definition) is 7. The number of carbonyl (C=O) groups is 2. The first-order valence-electron chi connectivity index (χ1n) is 8.32. The molecule has 1 N–H and O–H groups in total. The first-order chi connectivity index (χ1) is 12.2. The summed E-state index contributed by atoms with van der Waals surface area (Å²) in [5.74, 6) is 0.0779. The molecule has 1 unspecified atom stereocenters. The second-order valence-electron chi connectivity index (χ2n) is 6.69. The molecule has 2 rings (SSSR count). The van der Waals surface area contributed by atoms with Crippen LogP contribution in [0, 0.1) is 0 Å². The van der Waals surface area contributed by atoms with Crippen LogP contribution in [0.3, 0.4) is 0 Å². The van der Waals surface area contributed by atoms with Crippen molar-refractivity contribution in [2.75, 3.05) is 5.75 Å². The number of nitrogens with one attached hydrogen (secondary N) is 1. The van der Waals surface area contributed by atoms with Gasteiger partial charge in [0.25, 0.3) is 5.91 Å². The second-order valence-corrected chi connectivity index (χ2v) is 8.58. The third-order valence-corrected chi connectivity index (χ3v) is 5.08. The first kappa shape index (κ1) is 20.4. The predicted octanol–water partition coefficient (Wildman–Crippen LogP) is 2.97. The molecule has 2 aromatic rings. The lowest BCUT2D eigenvalue weighted by Crippen LogP contribution is -2.46. The lowest BCUT2D eigenvalue weighted by atomic mass is 10.1. The van der Waals surface area contributed by atoms with E-state index in [1.54, 1.807) is 18.3 Å². The van der Waals surface area contributed by atoms with Gasteiger partial charge in [-0.05, 0) is 46.1 Å². The Balaban J connectivity index is 1.92. The molecular formula is C17H24N4O3S2. The summed E-state index contributed by atoms with van der Waals surface area (Å²) in [5.41, 5.74) is -0.373. The van der Waals surface area contributed by atoms with Crippen LogP contribution in [0.15, 0.2) is 22.7 Å². The maximum Gasteiger partial charge on any atom is 0.317 e. The van der Waals surface area contributed by atoms with E-state index in [1.165, 1.54) is 11.8 Å². The Morgan fingerprint density at radius 2 is 2.12 bits per heavy atom. The normalized spacial score (nSPS) is 12.7. The van der Waals surface area contributed by atoms with E-state index in [2.05, 4.69) is 15.5 Å². The van der Waals surface area contributed by atoms with Crippen LogP contribution in [0.4, 0.5) is 0 Å². The summed E-state index contributed by atoms with van der Waals surface area (Å²) in [7, 11) is 0. The number of rotatable bonds is 7. The van der Waals surface area contributed by atoms with Gasteiger partial charge in [0.1, 0.15) is 0 Å². The van der Waals surface area contributed by atoms with E-state index < -0.39 is 12.1 Å². The summed E-state index contributed by atoms with van der Waals surface area (Å²) >= 11 is 2.84. The van der Waals surface area contributed by atoms with Crippen molar-refractivity contribution in [3.8, 4) is 10.7 Å². The van der Waals surface area contributed by atoms with E-state index >= 15 is 0 Å². The summed E-state index contributed by atoms with van der Waals surface area (Å²) in [4.78, 5) is 25.1. The second kappa shape index (κ2) is 8.68. The van der Waals surface area contributed by atoms with Crippen molar-refractivity contribution in [2.45, 2.75) is 58.0 Å². The first-order valence-corrected chi connectivity index (χ1v) is 10.2. The standard InChI is InChI=1S/C17H24N4O3S2/c1-6-21-14(12-8-7-9-25-12)19-20-16(21)26-10-13(22)24-11(2)15(23)18-17(3,4)5/h7-9,11H,6,10H2,1-5H3,(H,18,23). The highest BCUT2D eigenvalue weighted by atomic mass is 32.2. The van der Waals surface area contributed by atoms with Crippen LogP contribution in [-0.2, 0) is 20.9 Å². The number of thioether (sulfide) groups is 1. The number of ether oxygens (including phenoxy) is 1. The molecule has 0 saturated heterocycles. The largest absolute Gasteiger partial charge is 0.452 e. The molecule has 1 atom stereocenters. The molecule has 2 heterocycles. The zero-order chi connectivity index (χ0) is 19.3. The molecule has 2 aromatic heterocycles. The maximum atomic E-state index is 12.1. The topological polar surface area (TPSA) is 86.1 Å². The monoisotopic (exact) mass is 396 g/mol. The van der Waals surface area contributed by atoms with Crippen LogP contribution >= 0.6 is 23.1 Å². The number of aromatic nitrogens is 3. The molecule has 0 fully saturated rings. The Bertz CT molecular complexity index is 751. The van der Waals surface area contributed by atoms with Gasteiger partial charge < -0.3 is 14.6 Å². The minimum atomic E-state index is -0.840. The average Bonchev–Trinajstić information content (AvgIpc) is 3.19. The van der Waals surface area contributed by atoms with Crippen molar-refractivity contribution in [2.24, 2.45) is 0 Å². The molecule has 142 valence electrons. The molecule has 0 radical (unpaired) electrons. The minimum Gasteiger partial charge on any atom is -0.452 e. The Hall–Kier alpha value is -1.87. The summed E-state index contributed by atoms with van der Waals surface area (Å²) in [6.45, 7) is 9.88. The van der Waals surface area contributed by atoms with Gasteiger partial charge >= 0.3 is 5.97 Å². The molecule has 0 bridgehead atoms. The highest BCUT2D eigenvalue weighted by molar-refractivity contribution is 7.99. The molecule has 0 aliphatic carbocycles. The van der Waals surface area contributed by atoms with E-state index in [-0.39, 0.29) is 17.2 Å². The van der Waals surface area contributed by atoms with Gasteiger partial charge in [0, 0.05) is 12.1 Å². The summed E-state index contributed by atoms with van der Waals surface area (Å²) in [6, 6.07) is 3.95. The Morgan fingerprint density at radius 3 is 2.69 bits per heavy atom. The van der Waals surface area contributed by atoms with Gasteiger partial charge in [-0.3, -0.25) is 9.59 Å². The van der Waals surface area contributed by atoms with Crippen LogP contribution in [0.2, 0.25) is 0 Å². The minimum absolute atomic E-state index is 0.0652. The van der Waals surface area contributed by atoms with Crippen molar-refractivity contribution in [1.82, 2.24) is 20.1 Å². The molecule has 26 heavy (non-hydrogen) atoms. The molecule has 0 aromatic carbocycles. The predicted molar refractivity (Wildman–Crippen MR) is 103 cm³/mol. The van der Waals surface area contributed by atoms with Crippen molar-refractivity contribution in [3.05, 3.63) is 17.5 Å². The van der Waals surface area contributed by atoms with Crippen LogP contribution < -0.4 is 5.32 Å². The lowest BCUT2D eigenvalue weighted by Gasteiger charge is -2.23. The quantitative estimate of drug-likeness (QED) is 0.572. The maximum absolute atomic E-state index is 12.1. The molecule has 0 spiro atoms. The number of thiophene rings is 1. The van der Waals surface area contributed by atoms with Crippen molar-refractivity contribution < 1.29 is 14.3 Å². The highest BCUT2D eigenvalue weighted by Crippen LogP contribution is 2.27. The van der Waals surface area contributed by atoms with Crippen LogP contribution in [0.25, 0.3) is 10.7 Å². The fraction of sp³-hybridized carbons (Fsp3) is 0.529. The number of esters is 1.